The Hall–Kier alpha value is -2.83. The SMILES string of the molecule is O=C(NCc1cccc([N+](=O)[O-])c1)c1ccncc1F. The lowest BCUT2D eigenvalue weighted by Gasteiger charge is -2.05. The van der Waals surface area contributed by atoms with E-state index >= 15 is 0 Å². The van der Waals surface area contributed by atoms with Gasteiger partial charge in [-0.15, -0.1) is 0 Å². The van der Waals surface area contributed by atoms with Crippen LogP contribution in [-0.2, 0) is 6.54 Å². The number of benzene rings is 1. The summed E-state index contributed by atoms with van der Waals surface area (Å²) in [5.41, 5.74) is 0.374. The molecule has 0 aliphatic rings. The van der Waals surface area contributed by atoms with Crippen molar-refractivity contribution in [2.45, 2.75) is 6.54 Å². The van der Waals surface area contributed by atoms with E-state index in [1.54, 1.807) is 6.07 Å². The van der Waals surface area contributed by atoms with Gasteiger partial charge in [0.2, 0.25) is 0 Å². The Labute approximate surface area is 113 Å². The highest BCUT2D eigenvalue weighted by atomic mass is 19.1. The minimum Gasteiger partial charge on any atom is -0.348 e. The number of amides is 1. The second kappa shape index (κ2) is 5.87. The van der Waals surface area contributed by atoms with Crippen LogP contribution in [0, 0.1) is 15.9 Å². The molecule has 0 bridgehead atoms. The average Bonchev–Trinajstić information content (AvgIpc) is 2.45. The number of hydrogen-bond donors (Lipinski definition) is 1. The first-order valence-corrected chi connectivity index (χ1v) is 5.69. The van der Waals surface area contributed by atoms with Crippen molar-refractivity contribution in [1.82, 2.24) is 10.3 Å². The molecule has 2 aromatic rings. The molecule has 1 N–H and O–H groups in total. The van der Waals surface area contributed by atoms with Crippen LogP contribution in [0.3, 0.4) is 0 Å². The third kappa shape index (κ3) is 3.14. The van der Waals surface area contributed by atoms with Gasteiger partial charge in [-0.2, -0.15) is 0 Å². The van der Waals surface area contributed by atoms with Crippen LogP contribution in [0.4, 0.5) is 10.1 Å². The number of nitrogens with zero attached hydrogens (tertiary/aromatic N) is 2. The summed E-state index contributed by atoms with van der Waals surface area (Å²) in [6, 6.07) is 7.12. The zero-order chi connectivity index (χ0) is 14.5. The van der Waals surface area contributed by atoms with E-state index in [1.807, 2.05) is 0 Å². The molecule has 1 heterocycles. The molecule has 20 heavy (non-hydrogen) atoms. The van der Waals surface area contributed by atoms with Gasteiger partial charge in [-0.25, -0.2) is 4.39 Å². The van der Waals surface area contributed by atoms with Crippen LogP contribution in [0.5, 0.6) is 0 Å². The maximum atomic E-state index is 13.3. The number of carbonyl (C=O) groups is 1. The molecule has 0 fully saturated rings. The van der Waals surface area contributed by atoms with E-state index in [9.17, 15) is 19.3 Å². The number of halogens is 1. The van der Waals surface area contributed by atoms with Gasteiger partial charge in [-0.3, -0.25) is 19.9 Å². The number of nitro benzene ring substituents is 1. The Morgan fingerprint density at radius 3 is 2.90 bits per heavy atom. The fourth-order valence-corrected chi connectivity index (χ4v) is 1.62. The van der Waals surface area contributed by atoms with E-state index in [-0.39, 0.29) is 17.8 Å². The monoisotopic (exact) mass is 275 g/mol. The molecule has 102 valence electrons. The average molecular weight is 275 g/mol. The zero-order valence-corrected chi connectivity index (χ0v) is 10.2. The summed E-state index contributed by atoms with van der Waals surface area (Å²) in [6.07, 6.45) is 2.26. The number of rotatable bonds is 4. The number of carbonyl (C=O) groups excluding carboxylic acids is 1. The topological polar surface area (TPSA) is 85.1 Å². The number of non-ortho nitro benzene ring substituents is 1. The molecule has 0 saturated carbocycles. The van der Waals surface area contributed by atoms with Gasteiger partial charge in [-0.1, -0.05) is 12.1 Å². The number of pyridine rings is 1. The highest BCUT2D eigenvalue weighted by molar-refractivity contribution is 5.94. The summed E-state index contributed by atoms with van der Waals surface area (Å²) in [6.45, 7) is 0.0717. The van der Waals surface area contributed by atoms with Gasteiger partial charge in [0.15, 0.2) is 5.82 Å². The van der Waals surface area contributed by atoms with Gasteiger partial charge >= 0.3 is 0 Å². The predicted octanol–water partition coefficient (Wildman–Crippen LogP) is 2.06. The fourth-order valence-electron chi connectivity index (χ4n) is 1.62. The number of aromatic nitrogens is 1. The molecule has 7 heteroatoms. The van der Waals surface area contributed by atoms with E-state index < -0.39 is 16.6 Å². The smallest absolute Gasteiger partial charge is 0.269 e. The van der Waals surface area contributed by atoms with Gasteiger partial charge in [0.25, 0.3) is 11.6 Å². The summed E-state index contributed by atoms with van der Waals surface area (Å²) in [7, 11) is 0. The Kier molecular flexibility index (Phi) is 3.99. The molecule has 6 nitrogen and oxygen atoms in total. The van der Waals surface area contributed by atoms with Crippen molar-refractivity contribution < 1.29 is 14.1 Å². The van der Waals surface area contributed by atoms with Crippen molar-refractivity contribution in [3.8, 4) is 0 Å². The van der Waals surface area contributed by atoms with Gasteiger partial charge in [0.1, 0.15) is 0 Å². The van der Waals surface area contributed by atoms with Crippen molar-refractivity contribution in [2.24, 2.45) is 0 Å². The molecule has 1 amide bonds. The highest BCUT2D eigenvalue weighted by Gasteiger charge is 2.11. The van der Waals surface area contributed by atoms with Gasteiger partial charge < -0.3 is 5.32 Å². The van der Waals surface area contributed by atoms with Crippen LogP contribution in [-0.4, -0.2) is 15.8 Å². The molecule has 0 spiro atoms. The molecular formula is C13H10FN3O3. The Morgan fingerprint density at radius 1 is 1.40 bits per heavy atom. The molecule has 0 atom stereocenters. The van der Waals surface area contributed by atoms with Crippen LogP contribution in [0.2, 0.25) is 0 Å². The van der Waals surface area contributed by atoms with Crippen molar-refractivity contribution in [1.29, 1.82) is 0 Å². The molecule has 0 aliphatic carbocycles. The van der Waals surface area contributed by atoms with Gasteiger partial charge in [0.05, 0.1) is 16.7 Å². The van der Waals surface area contributed by atoms with Crippen LogP contribution in [0.25, 0.3) is 0 Å². The molecular weight excluding hydrogens is 265 g/mol. The first-order chi connectivity index (χ1) is 9.58. The second-order valence-corrected chi connectivity index (χ2v) is 3.97. The lowest BCUT2D eigenvalue weighted by molar-refractivity contribution is -0.384. The highest BCUT2D eigenvalue weighted by Crippen LogP contribution is 2.13. The zero-order valence-electron chi connectivity index (χ0n) is 10.2. The van der Waals surface area contributed by atoms with Crippen molar-refractivity contribution in [3.63, 3.8) is 0 Å². The van der Waals surface area contributed by atoms with Gasteiger partial charge in [-0.05, 0) is 11.6 Å². The van der Waals surface area contributed by atoms with Crippen LogP contribution < -0.4 is 5.32 Å². The van der Waals surface area contributed by atoms with Crippen LogP contribution >= 0.6 is 0 Å². The Morgan fingerprint density at radius 2 is 2.20 bits per heavy atom. The fraction of sp³-hybridized carbons (Fsp3) is 0.0769. The quantitative estimate of drug-likeness (QED) is 0.683. The second-order valence-electron chi connectivity index (χ2n) is 3.97. The van der Waals surface area contributed by atoms with Crippen LogP contribution in [0.1, 0.15) is 15.9 Å². The molecule has 2 rings (SSSR count). The number of nitro groups is 1. The largest absolute Gasteiger partial charge is 0.348 e. The third-order valence-corrected chi connectivity index (χ3v) is 2.59. The predicted molar refractivity (Wildman–Crippen MR) is 68.5 cm³/mol. The van der Waals surface area contributed by atoms with E-state index in [2.05, 4.69) is 10.3 Å². The van der Waals surface area contributed by atoms with E-state index in [0.717, 1.165) is 6.20 Å². The van der Waals surface area contributed by atoms with E-state index in [0.29, 0.717) is 5.56 Å². The van der Waals surface area contributed by atoms with Crippen molar-refractivity contribution in [2.75, 3.05) is 0 Å². The normalized spacial score (nSPS) is 10.1. The van der Waals surface area contributed by atoms with Crippen LogP contribution in [0.15, 0.2) is 42.7 Å². The summed E-state index contributed by atoms with van der Waals surface area (Å²) in [5, 5.41) is 13.1. The van der Waals surface area contributed by atoms with E-state index in [4.69, 9.17) is 0 Å². The summed E-state index contributed by atoms with van der Waals surface area (Å²) >= 11 is 0. The molecule has 0 aliphatic heterocycles. The lowest BCUT2D eigenvalue weighted by Crippen LogP contribution is -2.23. The van der Waals surface area contributed by atoms with Crippen molar-refractivity contribution in [3.05, 3.63) is 69.8 Å². The third-order valence-electron chi connectivity index (χ3n) is 2.59. The molecule has 1 aromatic carbocycles. The first kappa shape index (κ1) is 13.6. The number of hydrogen-bond acceptors (Lipinski definition) is 4. The lowest BCUT2D eigenvalue weighted by atomic mass is 10.2. The Balaban J connectivity index is 2.06. The van der Waals surface area contributed by atoms with E-state index in [1.165, 1.54) is 30.5 Å². The number of nitrogens with one attached hydrogen (secondary N) is 1. The minimum absolute atomic E-state index is 0.0631. The maximum Gasteiger partial charge on any atom is 0.269 e. The molecule has 0 saturated heterocycles. The summed E-state index contributed by atoms with van der Waals surface area (Å²) < 4.78 is 13.3. The standard InChI is InChI=1S/C13H10FN3O3/c14-12-8-15-5-4-11(12)13(18)16-7-9-2-1-3-10(6-9)17(19)20/h1-6,8H,7H2,(H,16,18). The molecule has 0 unspecified atom stereocenters. The van der Waals surface area contributed by atoms with Gasteiger partial charge in [0, 0.05) is 24.9 Å². The minimum atomic E-state index is -0.718. The Bertz CT molecular complexity index is 661. The molecule has 0 radical (unpaired) electrons. The maximum absolute atomic E-state index is 13.3. The summed E-state index contributed by atoms with van der Waals surface area (Å²) in [5.74, 6) is -1.32. The summed E-state index contributed by atoms with van der Waals surface area (Å²) in [4.78, 5) is 25.4. The molecule has 1 aromatic heterocycles. The first-order valence-electron chi connectivity index (χ1n) is 5.69. The van der Waals surface area contributed by atoms with Crippen molar-refractivity contribution >= 4 is 11.6 Å².